The monoisotopic (exact) mass is 402 g/mol. The van der Waals surface area contributed by atoms with E-state index in [4.69, 9.17) is 4.74 Å². The molecule has 0 bridgehead atoms. The number of benzene rings is 2. The Bertz CT molecular complexity index is 986. The SMILES string of the molecule is CCC(=O)N1CCc2cc(S(=O)(=O)NCCOc3cc(C)ccc3C)ccc21. The van der Waals surface area contributed by atoms with Gasteiger partial charge in [-0.15, -0.1) is 0 Å². The molecule has 0 saturated heterocycles. The Morgan fingerprint density at radius 1 is 1.18 bits per heavy atom. The topological polar surface area (TPSA) is 75.7 Å². The molecule has 0 atom stereocenters. The first-order chi connectivity index (χ1) is 13.3. The molecule has 6 nitrogen and oxygen atoms in total. The van der Waals surface area contributed by atoms with Crippen LogP contribution in [0.2, 0.25) is 0 Å². The molecule has 0 aromatic heterocycles. The van der Waals surface area contributed by atoms with Crippen molar-refractivity contribution in [2.75, 3.05) is 24.6 Å². The van der Waals surface area contributed by atoms with Crippen LogP contribution in [-0.2, 0) is 21.2 Å². The first-order valence-corrected chi connectivity index (χ1v) is 10.9. The summed E-state index contributed by atoms with van der Waals surface area (Å²) < 4.78 is 33.5. The average Bonchev–Trinajstić information content (AvgIpc) is 3.10. The van der Waals surface area contributed by atoms with Gasteiger partial charge in [-0.05, 0) is 61.2 Å². The number of fused-ring (bicyclic) bond motifs is 1. The first-order valence-electron chi connectivity index (χ1n) is 9.45. The summed E-state index contributed by atoms with van der Waals surface area (Å²) in [6.07, 6.45) is 1.10. The van der Waals surface area contributed by atoms with Gasteiger partial charge in [0, 0.05) is 25.2 Å². The maximum atomic E-state index is 12.6. The predicted molar refractivity (Wildman–Crippen MR) is 109 cm³/mol. The van der Waals surface area contributed by atoms with Gasteiger partial charge in [-0.25, -0.2) is 13.1 Å². The van der Waals surface area contributed by atoms with Gasteiger partial charge >= 0.3 is 0 Å². The Labute approximate surface area is 166 Å². The lowest BCUT2D eigenvalue weighted by atomic mass is 10.1. The minimum Gasteiger partial charge on any atom is -0.492 e. The molecule has 0 fully saturated rings. The van der Waals surface area contributed by atoms with Gasteiger partial charge in [0.05, 0.1) is 4.90 Å². The lowest BCUT2D eigenvalue weighted by Crippen LogP contribution is -2.29. The molecule has 1 aliphatic heterocycles. The van der Waals surface area contributed by atoms with Crippen molar-refractivity contribution in [1.29, 1.82) is 0 Å². The van der Waals surface area contributed by atoms with E-state index < -0.39 is 10.0 Å². The van der Waals surface area contributed by atoms with Gasteiger partial charge < -0.3 is 9.64 Å². The standard InChI is InChI=1S/C21H26N2O4S/c1-4-21(24)23-11-9-17-14-18(7-8-19(17)23)28(25,26)22-10-12-27-20-13-15(2)5-6-16(20)3/h5-8,13-14,22H,4,9-12H2,1-3H3. The van der Waals surface area contributed by atoms with Crippen LogP contribution in [-0.4, -0.2) is 34.0 Å². The van der Waals surface area contributed by atoms with E-state index in [1.165, 1.54) is 0 Å². The van der Waals surface area contributed by atoms with Gasteiger partial charge in [0.2, 0.25) is 15.9 Å². The van der Waals surface area contributed by atoms with Gasteiger partial charge in [0.1, 0.15) is 12.4 Å². The largest absolute Gasteiger partial charge is 0.492 e. The third kappa shape index (κ3) is 4.36. The molecule has 7 heteroatoms. The molecule has 1 N–H and O–H groups in total. The van der Waals surface area contributed by atoms with E-state index in [0.29, 0.717) is 19.4 Å². The van der Waals surface area contributed by atoms with Crippen LogP contribution in [0.4, 0.5) is 5.69 Å². The summed E-state index contributed by atoms with van der Waals surface area (Å²) in [5, 5.41) is 0. The average molecular weight is 403 g/mol. The zero-order valence-electron chi connectivity index (χ0n) is 16.5. The van der Waals surface area contributed by atoms with Crippen molar-refractivity contribution < 1.29 is 17.9 Å². The highest BCUT2D eigenvalue weighted by Gasteiger charge is 2.25. The summed E-state index contributed by atoms with van der Waals surface area (Å²) >= 11 is 0. The Kier molecular flexibility index (Phi) is 6.05. The molecule has 1 heterocycles. The van der Waals surface area contributed by atoms with Gasteiger partial charge in [-0.2, -0.15) is 0 Å². The summed E-state index contributed by atoms with van der Waals surface area (Å²) in [7, 11) is -3.63. The zero-order valence-corrected chi connectivity index (χ0v) is 17.3. The summed E-state index contributed by atoms with van der Waals surface area (Å²) in [5.41, 5.74) is 3.80. The van der Waals surface area contributed by atoms with Crippen LogP contribution in [0.15, 0.2) is 41.3 Å². The molecule has 1 amide bonds. The number of carbonyl (C=O) groups is 1. The van der Waals surface area contributed by atoms with Crippen LogP contribution in [0.25, 0.3) is 0 Å². The number of amides is 1. The number of nitrogens with zero attached hydrogens (tertiary/aromatic N) is 1. The summed E-state index contributed by atoms with van der Waals surface area (Å²) in [5.74, 6) is 0.813. The van der Waals surface area contributed by atoms with Gasteiger partial charge in [-0.3, -0.25) is 4.79 Å². The van der Waals surface area contributed by atoms with Gasteiger partial charge in [0.25, 0.3) is 0 Å². The number of ether oxygens (including phenoxy) is 1. The fourth-order valence-corrected chi connectivity index (χ4v) is 4.34. The maximum Gasteiger partial charge on any atom is 0.240 e. The van der Waals surface area contributed by atoms with Crippen molar-refractivity contribution in [3.63, 3.8) is 0 Å². The molecule has 3 rings (SSSR count). The van der Waals surface area contributed by atoms with E-state index in [1.54, 1.807) is 23.1 Å². The number of rotatable bonds is 7. The smallest absolute Gasteiger partial charge is 0.240 e. The number of nitrogens with one attached hydrogen (secondary N) is 1. The van der Waals surface area contributed by atoms with E-state index in [9.17, 15) is 13.2 Å². The van der Waals surface area contributed by atoms with E-state index in [-0.39, 0.29) is 24.0 Å². The highest BCUT2D eigenvalue weighted by atomic mass is 32.2. The summed E-state index contributed by atoms with van der Waals surface area (Å²) in [4.78, 5) is 13.9. The minimum atomic E-state index is -3.63. The van der Waals surface area contributed by atoms with Crippen LogP contribution in [0, 0.1) is 13.8 Å². The molecule has 0 unspecified atom stereocenters. The quantitative estimate of drug-likeness (QED) is 0.723. The van der Waals surface area contributed by atoms with Crippen LogP contribution in [0.1, 0.15) is 30.0 Å². The second-order valence-corrected chi connectivity index (χ2v) is 8.72. The zero-order chi connectivity index (χ0) is 20.3. The number of aryl methyl sites for hydroxylation is 2. The van der Waals surface area contributed by atoms with Crippen molar-refractivity contribution in [2.45, 2.75) is 38.5 Å². The molecular weight excluding hydrogens is 376 g/mol. The molecule has 2 aromatic rings. The second-order valence-electron chi connectivity index (χ2n) is 6.95. The van der Waals surface area contributed by atoms with Crippen molar-refractivity contribution >= 4 is 21.6 Å². The highest BCUT2D eigenvalue weighted by molar-refractivity contribution is 7.89. The molecule has 150 valence electrons. The van der Waals surface area contributed by atoms with Crippen LogP contribution in [0.3, 0.4) is 0 Å². The lowest BCUT2D eigenvalue weighted by molar-refractivity contribution is -0.118. The molecule has 2 aromatic carbocycles. The molecular formula is C21H26N2O4S. The van der Waals surface area contributed by atoms with Gasteiger partial charge in [-0.1, -0.05) is 19.1 Å². The molecule has 1 aliphatic rings. The third-order valence-electron chi connectivity index (χ3n) is 4.86. The third-order valence-corrected chi connectivity index (χ3v) is 6.31. The van der Waals surface area contributed by atoms with Crippen molar-refractivity contribution in [1.82, 2.24) is 4.72 Å². The molecule has 28 heavy (non-hydrogen) atoms. The molecule has 0 radical (unpaired) electrons. The number of hydrogen-bond acceptors (Lipinski definition) is 4. The molecule has 0 spiro atoms. The van der Waals surface area contributed by atoms with Crippen LogP contribution in [0.5, 0.6) is 5.75 Å². The van der Waals surface area contributed by atoms with E-state index in [0.717, 1.165) is 28.1 Å². The molecule has 0 aliphatic carbocycles. The predicted octanol–water partition coefficient (Wildman–Crippen LogP) is 2.96. The van der Waals surface area contributed by atoms with Gasteiger partial charge in [0.15, 0.2) is 0 Å². The number of anilines is 1. The number of hydrogen-bond donors (Lipinski definition) is 1. The van der Waals surface area contributed by atoms with Crippen molar-refractivity contribution in [2.24, 2.45) is 0 Å². The molecule has 0 saturated carbocycles. The number of carbonyl (C=O) groups excluding carboxylic acids is 1. The fourth-order valence-electron chi connectivity index (χ4n) is 3.28. The Morgan fingerprint density at radius 3 is 2.71 bits per heavy atom. The van der Waals surface area contributed by atoms with E-state index >= 15 is 0 Å². The lowest BCUT2D eigenvalue weighted by Gasteiger charge is -2.16. The Morgan fingerprint density at radius 2 is 1.96 bits per heavy atom. The van der Waals surface area contributed by atoms with Crippen LogP contribution < -0.4 is 14.4 Å². The summed E-state index contributed by atoms with van der Waals surface area (Å²) in [6.45, 7) is 6.78. The Hall–Kier alpha value is -2.38. The van der Waals surface area contributed by atoms with Crippen molar-refractivity contribution in [3.05, 3.63) is 53.1 Å². The van der Waals surface area contributed by atoms with E-state index in [2.05, 4.69) is 4.72 Å². The normalized spacial score (nSPS) is 13.5. The van der Waals surface area contributed by atoms with Crippen LogP contribution >= 0.6 is 0 Å². The highest BCUT2D eigenvalue weighted by Crippen LogP contribution is 2.30. The maximum absolute atomic E-state index is 12.6. The number of sulfonamides is 1. The van der Waals surface area contributed by atoms with E-state index in [1.807, 2.05) is 39.0 Å². The minimum absolute atomic E-state index is 0.0519. The fraction of sp³-hybridized carbons (Fsp3) is 0.381. The second kappa shape index (κ2) is 8.32. The summed E-state index contributed by atoms with van der Waals surface area (Å²) in [6, 6.07) is 10.9. The first kappa shape index (κ1) is 20.4. The Balaban J connectivity index is 1.62. The van der Waals surface area contributed by atoms with Crippen molar-refractivity contribution in [3.8, 4) is 5.75 Å².